The lowest BCUT2D eigenvalue weighted by Crippen LogP contribution is -2.52. The molecule has 0 bridgehead atoms. The third-order valence-corrected chi connectivity index (χ3v) is 8.25. The number of fused-ring (bicyclic) bond motifs is 1. The van der Waals surface area contributed by atoms with E-state index in [2.05, 4.69) is 10.3 Å². The minimum absolute atomic E-state index is 0.198. The fourth-order valence-corrected chi connectivity index (χ4v) is 6.20. The van der Waals surface area contributed by atoms with Gasteiger partial charge in [-0.25, -0.2) is 13.4 Å². The van der Waals surface area contributed by atoms with E-state index in [1.54, 1.807) is 30.0 Å². The number of carbonyl (C=O) groups excluding carboxylic acids is 1. The van der Waals surface area contributed by atoms with E-state index in [0.29, 0.717) is 13.0 Å². The number of hydrogen-bond acceptors (Lipinski definition) is 5. The van der Waals surface area contributed by atoms with Gasteiger partial charge in [0.15, 0.2) is 0 Å². The SMILES string of the molecule is O=C(NCCCn1ccnc1)[C@H]1Cc2ccccc2CN1S(=O)(=O)c1cccs1. The predicted octanol–water partition coefficient (Wildman–Crippen LogP) is 2.27. The lowest BCUT2D eigenvalue weighted by atomic mass is 9.95. The second-order valence-corrected chi connectivity index (χ2v) is 9.98. The van der Waals surface area contributed by atoms with Crippen LogP contribution in [0, 0.1) is 0 Å². The lowest BCUT2D eigenvalue weighted by Gasteiger charge is -2.34. The number of sulfonamides is 1. The van der Waals surface area contributed by atoms with Crippen LogP contribution in [0.25, 0.3) is 0 Å². The van der Waals surface area contributed by atoms with Gasteiger partial charge in [0.2, 0.25) is 5.91 Å². The summed E-state index contributed by atoms with van der Waals surface area (Å²) in [7, 11) is -3.74. The molecule has 1 aromatic carbocycles. The quantitative estimate of drug-likeness (QED) is 0.583. The number of nitrogens with one attached hydrogen (secondary N) is 1. The topological polar surface area (TPSA) is 84.3 Å². The van der Waals surface area contributed by atoms with Crippen molar-refractivity contribution in [1.29, 1.82) is 0 Å². The highest BCUT2D eigenvalue weighted by molar-refractivity contribution is 7.91. The van der Waals surface area contributed by atoms with E-state index in [1.165, 1.54) is 15.6 Å². The summed E-state index contributed by atoms with van der Waals surface area (Å²) >= 11 is 1.17. The number of aromatic nitrogens is 2. The molecular weight excluding hydrogens is 408 g/mol. The van der Waals surface area contributed by atoms with Crippen molar-refractivity contribution in [2.45, 2.75) is 36.2 Å². The van der Waals surface area contributed by atoms with Crippen LogP contribution in [0.1, 0.15) is 17.5 Å². The second kappa shape index (κ2) is 8.48. The minimum atomic E-state index is -3.74. The summed E-state index contributed by atoms with van der Waals surface area (Å²) in [5.41, 5.74) is 1.96. The largest absolute Gasteiger partial charge is 0.355 e. The maximum absolute atomic E-state index is 13.2. The summed E-state index contributed by atoms with van der Waals surface area (Å²) < 4.78 is 29.9. The van der Waals surface area contributed by atoms with Crippen LogP contribution in [0.15, 0.2) is 64.7 Å². The van der Waals surface area contributed by atoms with E-state index >= 15 is 0 Å². The number of carbonyl (C=O) groups is 1. The molecule has 1 N–H and O–H groups in total. The molecule has 29 heavy (non-hydrogen) atoms. The summed E-state index contributed by atoms with van der Waals surface area (Å²) in [4.78, 5) is 17.0. The van der Waals surface area contributed by atoms with Gasteiger partial charge in [-0.05, 0) is 35.4 Å². The molecule has 0 radical (unpaired) electrons. The first-order valence-corrected chi connectivity index (χ1v) is 11.7. The minimum Gasteiger partial charge on any atom is -0.355 e. The molecule has 4 rings (SSSR count). The van der Waals surface area contributed by atoms with Crippen LogP contribution in [0.3, 0.4) is 0 Å². The Morgan fingerprint density at radius 3 is 2.76 bits per heavy atom. The first-order chi connectivity index (χ1) is 14.1. The predicted molar refractivity (Wildman–Crippen MR) is 111 cm³/mol. The van der Waals surface area contributed by atoms with Gasteiger partial charge in [-0.3, -0.25) is 4.79 Å². The Balaban J connectivity index is 1.51. The van der Waals surface area contributed by atoms with Crippen molar-refractivity contribution in [3.63, 3.8) is 0 Å². The summed E-state index contributed by atoms with van der Waals surface area (Å²) in [6.07, 6.45) is 6.42. The van der Waals surface area contributed by atoms with Gasteiger partial charge in [0, 0.05) is 32.0 Å². The summed E-state index contributed by atoms with van der Waals surface area (Å²) in [6.45, 7) is 1.41. The summed E-state index contributed by atoms with van der Waals surface area (Å²) in [5.74, 6) is -0.259. The fraction of sp³-hybridized carbons (Fsp3) is 0.300. The van der Waals surface area contributed by atoms with E-state index < -0.39 is 16.1 Å². The van der Waals surface area contributed by atoms with Crippen LogP contribution in [0.2, 0.25) is 0 Å². The average Bonchev–Trinajstić information content (AvgIpc) is 3.44. The number of aryl methyl sites for hydroxylation is 1. The molecule has 9 heteroatoms. The molecule has 1 aliphatic heterocycles. The van der Waals surface area contributed by atoms with E-state index in [9.17, 15) is 13.2 Å². The molecule has 1 aliphatic rings. The highest BCUT2D eigenvalue weighted by Gasteiger charge is 2.39. The van der Waals surface area contributed by atoms with E-state index in [4.69, 9.17) is 0 Å². The molecule has 7 nitrogen and oxygen atoms in total. The molecule has 152 valence electrons. The van der Waals surface area contributed by atoms with Gasteiger partial charge in [-0.2, -0.15) is 4.31 Å². The molecule has 0 unspecified atom stereocenters. The number of rotatable bonds is 7. The van der Waals surface area contributed by atoms with Gasteiger partial charge in [-0.1, -0.05) is 30.3 Å². The van der Waals surface area contributed by atoms with E-state index in [-0.39, 0.29) is 16.7 Å². The van der Waals surface area contributed by atoms with Gasteiger partial charge in [0.25, 0.3) is 10.0 Å². The van der Waals surface area contributed by atoms with Crippen molar-refractivity contribution in [2.24, 2.45) is 0 Å². The number of hydrogen-bond donors (Lipinski definition) is 1. The van der Waals surface area contributed by atoms with Crippen LogP contribution < -0.4 is 5.32 Å². The molecule has 3 aromatic rings. The Labute approximate surface area is 174 Å². The summed E-state index contributed by atoms with van der Waals surface area (Å²) in [6, 6.07) is 10.2. The smallest absolute Gasteiger partial charge is 0.253 e. The number of benzene rings is 1. The first kappa shape index (κ1) is 19.8. The Morgan fingerprint density at radius 1 is 1.21 bits per heavy atom. The Hall–Kier alpha value is -2.49. The third-order valence-electron chi connectivity index (χ3n) is 5.02. The van der Waals surface area contributed by atoms with Gasteiger partial charge in [0.1, 0.15) is 10.3 Å². The monoisotopic (exact) mass is 430 g/mol. The van der Waals surface area contributed by atoms with Crippen LogP contribution in [0.4, 0.5) is 0 Å². The molecular formula is C20H22N4O3S2. The number of thiophene rings is 1. The molecule has 1 atom stereocenters. The van der Waals surface area contributed by atoms with Gasteiger partial charge in [-0.15, -0.1) is 11.3 Å². The lowest BCUT2D eigenvalue weighted by molar-refractivity contribution is -0.125. The summed E-state index contributed by atoms with van der Waals surface area (Å²) in [5, 5.41) is 4.65. The van der Waals surface area contributed by atoms with Crippen molar-refractivity contribution >= 4 is 27.3 Å². The molecule has 0 spiro atoms. The fourth-order valence-electron chi connectivity index (χ4n) is 3.51. The number of imidazole rings is 1. The van der Waals surface area contributed by atoms with Crippen LogP contribution >= 0.6 is 11.3 Å². The molecule has 1 amide bonds. The normalized spacial score (nSPS) is 17.0. The molecule has 3 heterocycles. The van der Waals surface area contributed by atoms with Gasteiger partial charge in [0.05, 0.1) is 6.33 Å². The molecule has 2 aromatic heterocycles. The maximum Gasteiger partial charge on any atom is 0.253 e. The number of nitrogens with zero attached hydrogens (tertiary/aromatic N) is 3. The Kier molecular flexibility index (Phi) is 5.79. The molecule has 0 saturated carbocycles. The van der Waals surface area contributed by atoms with Crippen LogP contribution in [-0.2, 0) is 34.3 Å². The van der Waals surface area contributed by atoms with Crippen molar-refractivity contribution < 1.29 is 13.2 Å². The molecule has 0 fully saturated rings. The second-order valence-electron chi connectivity index (χ2n) is 6.92. The molecule has 0 aliphatic carbocycles. The first-order valence-electron chi connectivity index (χ1n) is 9.41. The Bertz CT molecular complexity index is 1060. The van der Waals surface area contributed by atoms with Crippen molar-refractivity contribution in [3.05, 3.63) is 71.6 Å². The average molecular weight is 431 g/mol. The van der Waals surface area contributed by atoms with Gasteiger partial charge < -0.3 is 9.88 Å². The van der Waals surface area contributed by atoms with Crippen molar-refractivity contribution in [3.8, 4) is 0 Å². The van der Waals surface area contributed by atoms with Gasteiger partial charge >= 0.3 is 0 Å². The van der Waals surface area contributed by atoms with Crippen molar-refractivity contribution in [1.82, 2.24) is 19.2 Å². The maximum atomic E-state index is 13.2. The van der Waals surface area contributed by atoms with Crippen molar-refractivity contribution in [2.75, 3.05) is 6.54 Å². The number of amides is 1. The highest BCUT2D eigenvalue weighted by Crippen LogP contribution is 2.30. The zero-order valence-corrected chi connectivity index (χ0v) is 17.4. The van der Waals surface area contributed by atoms with Crippen LogP contribution in [0.5, 0.6) is 0 Å². The third kappa shape index (κ3) is 4.26. The molecule has 0 saturated heterocycles. The van der Waals surface area contributed by atoms with E-state index in [0.717, 1.165) is 24.1 Å². The van der Waals surface area contributed by atoms with E-state index in [1.807, 2.05) is 35.0 Å². The standard InChI is InChI=1S/C20H22N4O3S2/c25-20(22-8-4-10-23-11-9-21-15-23)18-13-16-5-1-2-6-17(16)14-24(18)29(26,27)19-7-3-12-28-19/h1-3,5-7,9,11-12,15,18H,4,8,10,13-14H2,(H,22,25)/t18-/m1/s1. The zero-order valence-electron chi connectivity index (χ0n) is 15.8. The highest BCUT2D eigenvalue weighted by atomic mass is 32.2. The van der Waals surface area contributed by atoms with Crippen LogP contribution in [-0.4, -0.2) is 40.8 Å². The zero-order chi connectivity index (χ0) is 20.3. The Morgan fingerprint density at radius 2 is 2.03 bits per heavy atom.